The lowest BCUT2D eigenvalue weighted by molar-refractivity contribution is -0.124. The molecule has 0 aliphatic rings. The summed E-state index contributed by atoms with van der Waals surface area (Å²) in [6.45, 7) is 0.0326. The van der Waals surface area contributed by atoms with E-state index >= 15 is 0 Å². The highest BCUT2D eigenvalue weighted by Crippen LogP contribution is 1.99. The number of ether oxygens (including phenoxy) is 1. The molecule has 1 amide bonds. The van der Waals surface area contributed by atoms with Gasteiger partial charge in [0.25, 0.3) is 5.91 Å². The molecule has 72 valence electrons. The molecule has 13 heavy (non-hydrogen) atoms. The molecule has 0 aromatic carbocycles. The average molecular weight is 184 g/mol. The lowest BCUT2D eigenvalue weighted by Gasteiger charge is -2.07. The summed E-state index contributed by atoms with van der Waals surface area (Å²) in [5, 5.41) is 3.91. The number of rotatable bonds is 4. The van der Waals surface area contributed by atoms with E-state index in [0.717, 1.165) is 0 Å². The van der Waals surface area contributed by atoms with Crippen LogP contribution >= 0.6 is 0 Å². The minimum Gasteiger partial charge on any atom is -0.375 e. The van der Waals surface area contributed by atoms with Crippen molar-refractivity contribution in [3.8, 4) is 0 Å². The van der Waals surface area contributed by atoms with Gasteiger partial charge in [-0.25, -0.2) is 0 Å². The molecule has 0 fully saturated rings. The van der Waals surface area contributed by atoms with Gasteiger partial charge in [0.1, 0.15) is 12.4 Å². The molecule has 6 heteroatoms. The Hall–Kier alpha value is -1.56. The second-order valence-electron chi connectivity index (χ2n) is 2.45. The van der Waals surface area contributed by atoms with E-state index in [1.165, 1.54) is 7.11 Å². The van der Waals surface area contributed by atoms with Crippen molar-refractivity contribution in [3.63, 3.8) is 0 Å². The van der Waals surface area contributed by atoms with Gasteiger partial charge in [-0.15, -0.1) is 0 Å². The Labute approximate surface area is 75.8 Å². The molecule has 0 saturated carbocycles. The highest BCUT2D eigenvalue weighted by Gasteiger charge is 2.00. The van der Waals surface area contributed by atoms with Gasteiger partial charge in [0, 0.05) is 20.2 Å². The average Bonchev–Trinajstić information content (AvgIpc) is 2.48. The van der Waals surface area contributed by atoms with E-state index in [2.05, 4.69) is 20.7 Å². The molecule has 0 saturated heterocycles. The monoisotopic (exact) mass is 184 g/mol. The Morgan fingerprint density at radius 2 is 2.54 bits per heavy atom. The quantitative estimate of drug-likeness (QED) is 0.619. The largest absolute Gasteiger partial charge is 0.375 e. The molecule has 0 bridgehead atoms. The number of carbonyl (C=O) groups excluding carboxylic acids is 1. The van der Waals surface area contributed by atoms with Crippen molar-refractivity contribution in [3.05, 3.63) is 12.3 Å². The zero-order chi connectivity index (χ0) is 9.68. The number of hydrogen-bond donors (Lipinski definition) is 2. The molecular weight excluding hydrogens is 172 g/mol. The van der Waals surface area contributed by atoms with Gasteiger partial charge in [-0.2, -0.15) is 5.10 Å². The zero-order valence-electron chi connectivity index (χ0n) is 7.57. The van der Waals surface area contributed by atoms with Crippen LogP contribution in [0.2, 0.25) is 0 Å². The first kappa shape index (κ1) is 9.53. The Balaban J connectivity index is 2.35. The van der Waals surface area contributed by atoms with Gasteiger partial charge in [-0.1, -0.05) is 0 Å². The molecule has 6 nitrogen and oxygen atoms in total. The summed E-state index contributed by atoms with van der Waals surface area (Å²) in [5.41, 5.74) is 5.15. The minimum atomic E-state index is -0.233. The lowest BCUT2D eigenvalue weighted by Crippen LogP contribution is -2.33. The summed E-state index contributed by atoms with van der Waals surface area (Å²) >= 11 is 0. The topological polar surface area (TPSA) is 68.2 Å². The third-order valence-electron chi connectivity index (χ3n) is 1.43. The second kappa shape index (κ2) is 4.46. The standard InChI is InChI=1S/C7H12N4O2/c1-11-6(3-4-8-11)9-10-7(12)5-13-2/h3-4,9H,5H2,1-2H3,(H,10,12). The number of amides is 1. The Morgan fingerprint density at radius 1 is 1.77 bits per heavy atom. The van der Waals surface area contributed by atoms with Crippen LogP contribution in [0, 0.1) is 0 Å². The Bertz CT molecular complexity index is 284. The molecule has 0 unspecified atom stereocenters. The molecule has 1 heterocycles. The first-order valence-corrected chi connectivity index (χ1v) is 3.76. The van der Waals surface area contributed by atoms with Crippen molar-refractivity contribution in [2.45, 2.75) is 0 Å². The normalized spacial score (nSPS) is 9.69. The van der Waals surface area contributed by atoms with Crippen LogP contribution in [0.1, 0.15) is 0 Å². The summed E-state index contributed by atoms with van der Waals surface area (Å²) in [7, 11) is 3.23. The number of aryl methyl sites for hydroxylation is 1. The summed E-state index contributed by atoms with van der Waals surface area (Å²) in [4.78, 5) is 10.9. The van der Waals surface area contributed by atoms with E-state index in [-0.39, 0.29) is 12.5 Å². The SMILES string of the molecule is COCC(=O)NNc1ccnn1C. The van der Waals surface area contributed by atoms with Gasteiger partial charge in [0.15, 0.2) is 0 Å². The van der Waals surface area contributed by atoms with E-state index in [4.69, 9.17) is 0 Å². The van der Waals surface area contributed by atoms with Crippen LogP contribution in [-0.2, 0) is 16.6 Å². The lowest BCUT2D eigenvalue weighted by atomic mass is 10.6. The smallest absolute Gasteiger partial charge is 0.264 e. The van der Waals surface area contributed by atoms with Gasteiger partial charge in [0.05, 0.1) is 6.20 Å². The van der Waals surface area contributed by atoms with Crippen LogP contribution in [0.25, 0.3) is 0 Å². The van der Waals surface area contributed by atoms with Crippen molar-refractivity contribution in [2.24, 2.45) is 7.05 Å². The predicted molar refractivity (Wildman–Crippen MR) is 46.8 cm³/mol. The van der Waals surface area contributed by atoms with Gasteiger partial charge >= 0.3 is 0 Å². The Kier molecular flexibility index (Phi) is 3.27. The fourth-order valence-corrected chi connectivity index (χ4v) is 0.797. The molecule has 0 aliphatic heterocycles. The van der Waals surface area contributed by atoms with E-state index in [0.29, 0.717) is 5.82 Å². The predicted octanol–water partition coefficient (Wildman–Crippen LogP) is -0.490. The van der Waals surface area contributed by atoms with E-state index in [1.807, 2.05) is 0 Å². The first-order chi connectivity index (χ1) is 6.24. The van der Waals surface area contributed by atoms with Gasteiger partial charge in [-0.3, -0.25) is 20.3 Å². The van der Waals surface area contributed by atoms with Crippen molar-refractivity contribution in [1.82, 2.24) is 15.2 Å². The third-order valence-corrected chi connectivity index (χ3v) is 1.43. The number of carbonyl (C=O) groups is 1. The molecule has 1 aromatic rings. The number of aromatic nitrogens is 2. The van der Waals surface area contributed by atoms with E-state index < -0.39 is 0 Å². The van der Waals surface area contributed by atoms with Crippen LogP contribution in [-0.4, -0.2) is 29.4 Å². The fraction of sp³-hybridized carbons (Fsp3) is 0.429. The number of methoxy groups -OCH3 is 1. The molecular formula is C7H12N4O2. The van der Waals surface area contributed by atoms with Crippen molar-refractivity contribution < 1.29 is 9.53 Å². The molecule has 0 atom stereocenters. The Morgan fingerprint density at radius 3 is 3.08 bits per heavy atom. The molecule has 0 radical (unpaired) electrons. The van der Waals surface area contributed by atoms with Crippen molar-refractivity contribution in [1.29, 1.82) is 0 Å². The number of nitrogens with one attached hydrogen (secondary N) is 2. The highest BCUT2D eigenvalue weighted by molar-refractivity contribution is 5.78. The molecule has 0 spiro atoms. The maximum absolute atomic E-state index is 10.9. The zero-order valence-corrected chi connectivity index (χ0v) is 7.57. The van der Waals surface area contributed by atoms with Crippen LogP contribution < -0.4 is 10.9 Å². The number of hydrazine groups is 1. The number of hydrogen-bond acceptors (Lipinski definition) is 4. The van der Waals surface area contributed by atoms with E-state index in [9.17, 15) is 4.79 Å². The van der Waals surface area contributed by atoms with Crippen LogP contribution in [0.15, 0.2) is 12.3 Å². The summed E-state index contributed by atoms with van der Waals surface area (Å²) < 4.78 is 6.23. The maximum Gasteiger partial charge on any atom is 0.264 e. The second-order valence-corrected chi connectivity index (χ2v) is 2.45. The molecule has 1 rings (SSSR count). The van der Waals surface area contributed by atoms with Gasteiger partial charge < -0.3 is 4.74 Å². The highest BCUT2D eigenvalue weighted by atomic mass is 16.5. The van der Waals surface area contributed by atoms with Crippen molar-refractivity contribution in [2.75, 3.05) is 19.1 Å². The fourth-order valence-electron chi connectivity index (χ4n) is 0.797. The van der Waals surface area contributed by atoms with Crippen molar-refractivity contribution >= 4 is 11.7 Å². The molecule has 1 aromatic heterocycles. The van der Waals surface area contributed by atoms with Crippen LogP contribution in [0.4, 0.5) is 5.82 Å². The third kappa shape index (κ3) is 2.75. The number of nitrogens with zero attached hydrogens (tertiary/aromatic N) is 2. The van der Waals surface area contributed by atoms with E-state index in [1.54, 1.807) is 24.0 Å². The minimum absolute atomic E-state index is 0.0326. The summed E-state index contributed by atoms with van der Waals surface area (Å²) in [5.74, 6) is 0.480. The summed E-state index contributed by atoms with van der Waals surface area (Å²) in [6.07, 6.45) is 1.63. The van der Waals surface area contributed by atoms with Gasteiger partial charge in [0.2, 0.25) is 0 Å². The van der Waals surface area contributed by atoms with Crippen LogP contribution in [0.3, 0.4) is 0 Å². The maximum atomic E-state index is 10.9. The molecule has 0 aliphatic carbocycles. The van der Waals surface area contributed by atoms with Crippen LogP contribution in [0.5, 0.6) is 0 Å². The number of anilines is 1. The molecule has 2 N–H and O–H groups in total. The summed E-state index contributed by atoms with van der Waals surface area (Å²) in [6, 6.07) is 1.74. The first-order valence-electron chi connectivity index (χ1n) is 3.76. The van der Waals surface area contributed by atoms with Gasteiger partial charge in [-0.05, 0) is 0 Å².